The molecule has 21 heavy (non-hydrogen) atoms. The van der Waals surface area contributed by atoms with Crippen molar-refractivity contribution in [3.63, 3.8) is 0 Å². The largest absolute Gasteiger partial charge is 0.397 e. The fourth-order valence-corrected chi connectivity index (χ4v) is 4.28. The Morgan fingerprint density at radius 2 is 2.05 bits per heavy atom. The van der Waals surface area contributed by atoms with Crippen LogP contribution >= 0.6 is 11.3 Å². The molecule has 2 fully saturated rings. The van der Waals surface area contributed by atoms with Crippen LogP contribution in [0.1, 0.15) is 40.4 Å². The average Bonchev–Trinajstić information content (AvgIpc) is 3.27. The number of hydrogen-bond acceptors (Lipinski definition) is 5. The molecule has 0 aromatic carbocycles. The topological polar surface area (TPSA) is 61.6 Å². The molecule has 3 N–H and O–H groups in total. The van der Waals surface area contributed by atoms with Crippen molar-refractivity contribution in [1.82, 2.24) is 10.2 Å². The van der Waals surface area contributed by atoms with Gasteiger partial charge in [0.05, 0.1) is 10.7 Å². The minimum atomic E-state index is -0.0578. The molecule has 0 unspecified atom stereocenters. The number of hydrogen-bond donors (Lipinski definition) is 2. The molecule has 3 rings (SSSR count). The molecule has 0 spiro atoms. The fourth-order valence-electron chi connectivity index (χ4n) is 2.98. The number of nitrogens with two attached hydrogens (primary N) is 1. The molecule has 2 heterocycles. The van der Waals surface area contributed by atoms with Crippen molar-refractivity contribution in [2.24, 2.45) is 0 Å². The van der Waals surface area contributed by atoms with E-state index < -0.39 is 0 Å². The summed E-state index contributed by atoms with van der Waals surface area (Å²) in [5.74, 6) is 0.508. The highest BCUT2D eigenvalue weighted by atomic mass is 32.1. The van der Waals surface area contributed by atoms with Gasteiger partial charge < -0.3 is 20.9 Å². The number of carbonyl (C=O) groups is 1. The molecule has 1 aliphatic carbocycles. The molecule has 0 atom stereocenters. The zero-order valence-corrected chi connectivity index (χ0v) is 13.6. The highest BCUT2D eigenvalue weighted by Crippen LogP contribution is 2.52. The molecule has 1 saturated heterocycles. The third-order valence-corrected chi connectivity index (χ3v) is 5.67. The summed E-state index contributed by atoms with van der Waals surface area (Å²) >= 11 is 1.57. The second-order valence-corrected chi connectivity index (χ2v) is 7.06. The maximum Gasteiger partial charge on any atom is 0.263 e. The van der Waals surface area contributed by atoms with Crippen LogP contribution in [-0.2, 0) is 0 Å². The molecular formula is C15H24N4OS. The lowest BCUT2D eigenvalue weighted by molar-refractivity contribution is 0.0968. The maximum absolute atomic E-state index is 12.0. The van der Waals surface area contributed by atoms with Crippen molar-refractivity contribution in [2.45, 2.75) is 25.2 Å². The smallest absolute Gasteiger partial charge is 0.263 e. The highest BCUT2D eigenvalue weighted by molar-refractivity contribution is 7.18. The lowest BCUT2D eigenvalue weighted by atomic mass is 10.1. The predicted molar refractivity (Wildman–Crippen MR) is 88.4 cm³/mol. The van der Waals surface area contributed by atoms with E-state index >= 15 is 0 Å². The molecule has 116 valence electrons. The molecule has 0 bridgehead atoms. The molecule has 2 aliphatic rings. The Labute approximate surface area is 130 Å². The van der Waals surface area contributed by atoms with Gasteiger partial charge in [0.25, 0.3) is 5.91 Å². The van der Waals surface area contributed by atoms with Crippen LogP contribution in [0.5, 0.6) is 0 Å². The predicted octanol–water partition coefficient (Wildman–Crippen LogP) is 1.71. The number of anilines is 2. The molecule has 1 amide bonds. The van der Waals surface area contributed by atoms with Crippen LogP contribution in [-0.4, -0.2) is 51.1 Å². The Hall–Kier alpha value is -1.27. The van der Waals surface area contributed by atoms with Crippen molar-refractivity contribution in [1.29, 1.82) is 0 Å². The summed E-state index contributed by atoms with van der Waals surface area (Å²) < 4.78 is 0. The summed E-state index contributed by atoms with van der Waals surface area (Å²) in [7, 11) is 3.84. The van der Waals surface area contributed by atoms with Crippen LogP contribution in [0.15, 0.2) is 0 Å². The van der Waals surface area contributed by atoms with E-state index in [1.54, 1.807) is 18.4 Å². The number of nitrogen functional groups attached to an aromatic ring is 1. The van der Waals surface area contributed by atoms with E-state index in [9.17, 15) is 4.79 Å². The lowest BCUT2D eigenvalue weighted by Gasteiger charge is -2.22. The molecule has 1 aliphatic heterocycles. The van der Waals surface area contributed by atoms with Crippen LogP contribution in [0.25, 0.3) is 0 Å². The Morgan fingerprint density at radius 1 is 1.29 bits per heavy atom. The minimum Gasteiger partial charge on any atom is -0.397 e. The van der Waals surface area contributed by atoms with Gasteiger partial charge in [-0.1, -0.05) is 0 Å². The van der Waals surface area contributed by atoms with Gasteiger partial charge in [-0.05, 0) is 38.8 Å². The lowest BCUT2D eigenvalue weighted by Crippen LogP contribution is -2.28. The van der Waals surface area contributed by atoms with E-state index in [4.69, 9.17) is 5.73 Å². The summed E-state index contributed by atoms with van der Waals surface area (Å²) in [4.78, 5) is 17.5. The van der Waals surface area contributed by atoms with Gasteiger partial charge in [0, 0.05) is 32.2 Å². The normalized spacial score (nSPS) is 20.4. The van der Waals surface area contributed by atoms with Gasteiger partial charge in [-0.3, -0.25) is 4.79 Å². The van der Waals surface area contributed by atoms with Gasteiger partial charge in [0.1, 0.15) is 4.88 Å². The second kappa shape index (κ2) is 5.85. The van der Waals surface area contributed by atoms with Crippen molar-refractivity contribution < 1.29 is 4.79 Å². The first-order valence-electron chi connectivity index (χ1n) is 7.69. The number of carbonyl (C=O) groups excluding carboxylic acids is 1. The Kier molecular flexibility index (Phi) is 4.08. The third-order valence-electron chi connectivity index (χ3n) is 4.39. The molecule has 6 heteroatoms. The van der Waals surface area contributed by atoms with E-state index in [1.165, 1.54) is 23.4 Å². The van der Waals surface area contributed by atoms with E-state index in [0.717, 1.165) is 38.3 Å². The third kappa shape index (κ3) is 2.87. The SMILES string of the molecule is CNC(=O)c1sc(N2CCCN(C)CC2)c(C2CC2)c1N. The zero-order chi connectivity index (χ0) is 15.0. The number of rotatable bonds is 3. The molecule has 1 aromatic rings. The van der Waals surface area contributed by atoms with Gasteiger partial charge in [-0.15, -0.1) is 11.3 Å². The van der Waals surface area contributed by atoms with Crippen LogP contribution < -0.4 is 16.0 Å². The van der Waals surface area contributed by atoms with E-state index in [0.29, 0.717) is 10.8 Å². The maximum atomic E-state index is 12.0. The van der Waals surface area contributed by atoms with E-state index in [1.807, 2.05) is 0 Å². The van der Waals surface area contributed by atoms with Crippen LogP contribution in [0.4, 0.5) is 10.7 Å². The van der Waals surface area contributed by atoms with Crippen molar-refractivity contribution >= 4 is 27.9 Å². The van der Waals surface area contributed by atoms with E-state index in [2.05, 4.69) is 22.2 Å². The Morgan fingerprint density at radius 3 is 2.71 bits per heavy atom. The molecule has 0 radical (unpaired) electrons. The molecular weight excluding hydrogens is 284 g/mol. The van der Waals surface area contributed by atoms with E-state index in [-0.39, 0.29) is 5.91 Å². The quantitative estimate of drug-likeness (QED) is 0.892. The first kappa shape index (κ1) is 14.7. The van der Waals surface area contributed by atoms with Crippen molar-refractivity contribution in [3.05, 3.63) is 10.4 Å². The highest BCUT2D eigenvalue weighted by Gasteiger charge is 2.34. The van der Waals surface area contributed by atoms with Crippen molar-refractivity contribution in [3.8, 4) is 0 Å². The second-order valence-electron chi connectivity index (χ2n) is 6.06. The average molecular weight is 308 g/mol. The summed E-state index contributed by atoms with van der Waals surface area (Å²) in [6.07, 6.45) is 3.57. The van der Waals surface area contributed by atoms with Gasteiger partial charge in [0.2, 0.25) is 0 Å². The van der Waals surface area contributed by atoms with Gasteiger partial charge in [-0.25, -0.2) is 0 Å². The Balaban J connectivity index is 1.94. The van der Waals surface area contributed by atoms with Crippen LogP contribution in [0.3, 0.4) is 0 Å². The van der Waals surface area contributed by atoms with Crippen molar-refractivity contribution in [2.75, 3.05) is 50.9 Å². The number of thiophene rings is 1. The summed E-state index contributed by atoms with van der Waals surface area (Å²) in [5, 5.41) is 3.95. The zero-order valence-electron chi connectivity index (χ0n) is 12.8. The number of nitrogens with one attached hydrogen (secondary N) is 1. The van der Waals surface area contributed by atoms with Gasteiger partial charge in [0.15, 0.2) is 0 Å². The Bertz CT molecular complexity index is 538. The monoisotopic (exact) mass is 308 g/mol. The number of amides is 1. The molecule has 1 aromatic heterocycles. The molecule has 5 nitrogen and oxygen atoms in total. The van der Waals surface area contributed by atoms with Gasteiger partial charge >= 0.3 is 0 Å². The van der Waals surface area contributed by atoms with Crippen LogP contribution in [0, 0.1) is 0 Å². The first-order chi connectivity index (χ1) is 10.1. The first-order valence-corrected chi connectivity index (χ1v) is 8.51. The summed E-state index contributed by atoms with van der Waals surface area (Å²) in [6, 6.07) is 0. The standard InChI is InChI=1S/C15H24N4OS/c1-17-14(20)13-12(16)11(10-4-5-10)15(21-13)19-7-3-6-18(2)8-9-19/h10H,3-9,16H2,1-2H3,(H,17,20). The van der Waals surface area contributed by atoms with Gasteiger partial charge in [-0.2, -0.15) is 0 Å². The fraction of sp³-hybridized carbons (Fsp3) is 0.667. The minimum absolute atomic E-state index is 0.0578. The summed E-state index contributed by atoms with van der Waals surface area (Å²) in [6.45, 7) is 4.27. The number of likely N-dealkylation sites (N-methyl/N-ethyl adjacent to an activating group) is 1. The summed E-state index contributed by atoms with van der Waals surface area (Å²) in [5.41, 5.74) is 8.26. The number of nitrogens with zero attached hydrogens (tertiary/aromatic N) is 2. The van der Waals surface area contributed by atoms with Crippen LogP contribution in [0.2, 0.25) is 0 Å². The molecule has 1 saturated carbocycles.